The zero-order valence-corrected chi connectivity index (χ0v) is 10.7. The van der Waals surface area contributed by atoms with Crippen LogP contribution >= 0.6 is 0 Å². The van der Waals surface area contributed by atoms with Crippen molar-refractivity contribution < 1.29 is 14.3 Å². The quantitative estimate of drug-likeness (QED) is 0.399. The molecule has 2 amide bonds. The van der Waals surface area contributed by atoms with Gasteiger partial charge in [-0.2, -0.15) is 0 Å². The molecular formula is C12H22N2O3. The van der Waals surface area contributed by atoms with Crippen LogP contribution in [-0.2, 0) is 9.53 Å². The molecule has 0 spiro atoms. The van der Waals surface area contributed by atoms with Crippen LogP contribution < -0.4 is 5.32 Å². The minimum atomic E-state index is -0.403. The van der Waals surface area contributed by atoms with Crippen molar-refractivity contribution in [3.8, 4) is 0 Å². The number of amides is 2. The monoisotopic (exact) mass is 242 g/mol. The molecule has 0 aliphatic heterocycles. The second-order valence-corrected chi connectivity index (χ2v) is 3.56. The van der Waals surface area contributed by atoms with Gasteiger partial charge in [0.2, 0.25) is 0 Å². The van der Waals surface area contributed by atoms with E-state index in [4.69, 9.17) is 4.74 Å². The minimum Gasteiger partial charge on any atom is -0.465 e. The van der Waals surface area contributed by atoms with Gasteiger partial charge in [0.05, 0.1) is 6.61 Å². The first-order valence-electron chi connectivity index (χ1n) is 5.94. The first kappa shape index (κ1) is 15.5. The summed E-state index contributed by atoms with van der Waals surface area (Å²) >= 11 is 0. The molecule has 0 aromatic heterocycles. The Kier molecular flexibility index (Phi) is 8.82. The summed E-state index contributed by atoms with van der Waals surface area (Å²) in [4.78, 5) is 24.4. The van der Waals surface area contributed by atoms with Gasteiger partial charge in [0.15, 0.2) is 0 Å². The van der Waals surface area contributed by atoms with E-state index in [2.05, 4.69) is 11.9 Å². The smallest absolute Gasteiger partial charge is 0.325 e. The lowest BCUT2D eigenvalue weighted by Gasteiger charge is -2.20. The van der Waals surface area contributed by atoms with Gasteiger partial charge < -0.3 is 15.0 Å². The summed E-state index contributed by atoms with van der Waals surface area (Å²) in [6, 6.07) is -0.258. The van der Waals surface area contributed by atoms with Crippen molar-refractivity contribution in [1.82, 2.24) is 10.2 Å². The van der Waals surface area contributed by atoms with E-state index in [0.29, 0.717) is 19.7 Å². The zero-order chi connectivity index (χ0) is 13.1. The van der Waals surface area contributed by atoms with Crippen LogP contribution in [0.5, 0.6) is 0 Å². The molecule has 17 heavy (non-hydrogen) atoms. The number of urea groups is 1. The summed E-state index contributed by atoms with van der Waals surface area (Å²) in [5.41, 5.74) is 0. The van der Waals surface area contributed by atoms with E-state index >= 15 is 0 Å². The molecule has 0 saturated heterocycles. The molecule has 0 aliphatic carbocycles. The predicted molar refractivity (Wildman–Crippen MR) is 66.7 cm³/mol. The molecule has 98 valence electrons. The highest BCUT2D eigenvalue weighted by Gasteiger charge is 2.15. The lowest BCUT2D eigenvalue weighted by atomic mass is 10.3. The van der Waals surface area contributed by atoms with Gasteiger partial charge in [-0.25, -0.2) is 4.79 Å². The number of nitrogens with zero attached hydrogens (tertiary/aromatic N) is 1. The number of hydrogen-bond donors (Lipinski definition) is 1. The molecule has 0 aromatic rings. The number of unbranched alkanes of at least 4 members (excludes halogenated alkanes) is 1. The maximum atomic E-state index is 11.7. The van der Waals surface area contributed by atoms with E-state index in [1.54, 1.807) is 13.0 Å². The molecule has 0 aliphatic rings. The third-order valence-corrected chi connectivity index (χ3v) is 2.07. The van der Waals surface area contributed by atoms with Crippen molar-refractivity contribution >= 4 is 12.0 Å². The Morgan fingerprint density at radius 1 is 1.41 bits per heavy atom. The zero-order valence-electron chi connectivity index (χ0n) is 10.7. The van der Waals surface area contributed by atoms with Gasteiger partial charge >= 0.3 is 12.0 Å². The van der Waals surface area contributed by atoms with Gasteiger partial charge in [-0.3, -0.25) is 4.79 Å². The van der Waals surface area contributed by atoms with E-state index < -0.39 is 5.97 Å². The lowest BCUT2D eigenvalue weighted by molar-refractivity contribution is -0.143. The van der Waals surface area contributed by atoms with Crippen molar-refractivity contribution in [3.63, 3.8) is 0 Å². The normalized spacial score (nSPS) is 9.53. The standard InChI is InChI=1S/C12H22N2O3/c1-4-7-8-13-12(16)14(9-5-2)10-11(15)17-6-3/h5H,2,4,6-10H2,1,3H3,(H,13,16). The first-order chi connectivity index (χ1) is 8.15. The number of carbonyl (C=O) groups excluding carboxylic acids is 2. The molecule has 0 aromatic carbocycles. The van der Waals surface area contributed by atoms with E-state index in [0.717, 1.165) is 12.8 Å². The Morgan fingerprint density at radius 2 is 2.12 bits per heavy atom. The lowest BCUT2D eigenvalue weighted by Crippen LogP contribution is -2.43. The van der Waals surface area contributed by atoms with Crippen LogP contribution in [0.1, 0.15) is 26.7 Å². The summed E-state index contributed by atoms with van der Waals surface area (Å²) in [5, 5.41) is 2.75. The highest BCUT2D eigenvalue weighted by Crippen LogP contribution is 1.93. The Morgan fingerprint density at radius 3 is 2.65 bits per heavy atom. The average molecular weight is 242 g/mol. The van der Waals surface area contributed by atoms with Crippen LogP contribution in [0.3, 0.4) is 0 Å². The predicted octanol–water partition coefficient (Wildman–Crippen LogP) is 1.55. The summed E-state index contributed by atoms with van der Waals surface area (Å²) in [5.74, 6) is -0.403. The molecule has 0 radical (unpaired) electrons. The number of ether oxygens (including phenoxy) is 1. The molecule has 0 bridgehead atoms. The Balaban J connectivity index is 4.15. The van der Waals surface area contributed by atoms with Crippen molar-refractivity contribution in [2.75, 3.05) is 26.2 Å². The molecule has 0 heterocycles. The van der Waals surface area contributed by atoms with Gasteiger partial charge in [0.25, 0.3) is 0 Å². The van der Waals surface area contributed by atoms with Crippen LogP contribution in [0.2, 0.25) is 0 Å². The Hall–Kier alpha value is -1.52. The number of rotatable bonds is 8. The van der Waals surface area contributed by atoms with Crippen LogP contribution in [0.15, 0.2) is 12.7 Å². The van der Waals surface area contributed by atoms with Crippen molar-refractivity contribution in [2.45, 2.75) is 26.7 Å². The van der Waals surface area contributed by atoms with Gasteiger partial charge in [-0.15, -0.1) is 6.58 Å². The van der Waals surface area contributed by atoms with Gasteiger partial charge in [-0.1, -0.05) is 19.4 Å². The maximum absolute atomic E-state index is 11.7. The second kappa shape index (κ2) is 9.69. The number of nitrogens with one attached hydrogen (secondary N) is 1. The van der Waals surface area contributed by atoms with E-state index in [9.17, 15) is 9.59 Å². The van der Waals surface area contributed by atoms with E-state index in [1.807, 2.05) is 6.92 Å². The van der Waals surface area contributed by atoms with Gasteiger partial charge in [-0.05, 0) is 13.3 Å². The van der Waals surface area contributed by atoms with E-state index in [1.165, 1.54) is 4.90 Å². The molecule has 0 rings (SSSR count). The van der Waals surface area contributed by atoms with Crippen molar-refractivity contribution in [3.05, 3.63) is 12.7 Å². The van der Waals surface area contributed by atoms with Gasteiger partial charge in [0, 0.05) is 13.1 Å². The highest BCUT2D eigenvalue weighted by atomic mass is 16.5. The summed E-state index contributed by atoms with van der Waals surface area (Å²) < 4.78 is 4.80. The van der Waals surface area contributed by atoms with Crippen LogP contribution in [0.4, 0.5) is 4.79 Å². The first-order valence-corrected chi connectivity index (χ1v) is 5.94. The molecule has 0 unspecified atom stereocenters. The van der Waals surface area contributed by atoms with Crippen LogP contribution in [0.25, 0.3) is 0 Å². The third kappa shape index (κ3) is 7.38. The Labute approximate surface area is 103 Å². The second-order valence-electron chi connectivity index (χ2n) is 3.56. The minimum absolute atomic E-state index is 0.0438. The van der Waals surface area contributed by atoms with Crippen molar-refractivity contribution in [1.29, 1.82) is 0 Å². The topological polar surface area (TPSA) is 58.6 Å². The third-order valence-electron chi connectivity index (χ3n) is 2.07. The molecule has 5 nitrogen and oxygen atoms in total. The molecule has 5 heteroatoms. The molecule has 0 fully saturated rings. The Bertz CT molecular complexity index is 254. The SMILES string of the molecule is C=CCN(CC(=O)OCC)C(=O)NCCCC. The number of esters is 1. The fraction of sp³-hybridized carbons (Fsp3) is 0.667. The van der Waals surface area contributed by atoms with Crippen LogP contribution in [-0.4, -0.2) is 43.1 Å². The molecular weight excluding hydrogens is 220 g/mol. The van der Waals surface area contributed by atoms with Crippen LogP contribution in [0, 0.1) is 0 Å². The molecule has 0 saturated carbocycles. The van der Waals surface area contributed by atoms with Gasteiger partial charge in [0.1, 0.15) is 6.54 Å². The number of carbonyl (C=O) groups is 2. The molecule has 1 N–H and O–H groups in total. The average Bonchev–Trinajstić information content (AvgIpc) is 2.29. The highest BCUT2D eigenvalue weighted by molar-refractivity contribution is 5.81. The van der Waals surface area contributed by atoms with Crippen molar-refractivity contribution in [2.24, 2.45) is 0 Å². The number of hydrogen-bond acceptors (Lipinski definition) is 3. The van der Waals surface area contributed by atoms with E-state index in [-0.39, 0.29) is 12.6 Å². The molecule has 0 atom stereocenters. The summed E-state index contributed by atoms with van der Waals surface area (Å²) in [7, 11) is 0. The summed E-state index contributed by atoms with van der Waals surface area (Å²) in [6.07, 6.45) is 3.52. The maximum Gasteiger partial charge on any atom is 0.325 e. The fourth-order valence-corrected chi connectivity index (χ4v) is 1.22. The summed E-state index contributed by atoms with van der Waals surface area (Å²) in [6.45, 7) is 8.56. The largest absolute Gasteiger partial charge is 0.465 e. The fourth-order valence-electron chi connectivity index (χ4n) is 1.22.